The van der Waals surface area contributed by atoms with Gasteiger partial charge in [-0.3, -0.25) is 9.59 Å². The summed E-state index contributed by atoms with van der Waals surface area (Å²) < 4.78 is 10.7. The highest BCUT2D eigenvalue weighted by molar-refractivity contribution is 5.70. The van der Waals surface area contributed by atoms with Gasteiger partial charge in [-0.15, -0.1) is 0 Å². The molecule has 78 heavy (non-hydrogen) atoms. The van der Waals surface area contributed by atoms with Gasteiger partial charge in [0.15, 0.2) is 6.10 Å². The second-order valence-corrected chi connectivity index (χ2v) is 22.2. The molecule has 0 aromatic rings. The number of carbonyl (C=O) groups is 2. The average molecular weight is 1080 g/mol. The van der Waals surface area contributed by atoms with E-state index in [4.69, 9.17) is 9.47 Å². The van der Waals surface area contributed by atoms with Gasteiger partial charge < -0.3 is 14.6 Å². The first-order valence-corrected chi connectivity index (χ1v) is 33.4. The number of allylic oxidation sites excluding steroid dienone is 18. The van der Waals surface area contributed by atoms with E-state index in [1.807, 2.05) is 0 Å². The molecule has 5 heteroatoms. The fourth-order valence-electron chi connectivity index (χ4n) is 9.57. The summed E-state index contributed by atoms with van der Waals surface area (Å²) in [5.74, 6) is -0.590. The van der Waals surface area contributed by atoms with Gasteiger partial charge in [0.1, 0.15) is 6.61 Å². The number of rotatable bonds is 61. The normalized spacial score (nSPS) is 12.9. The van der Waals surface area contributed by atoms with Crippen molar-refractivity contribution in [2.75, 3.05) is 13.2 Å². The van der Waals surface area contributed by atoms with Gasteiger partial charge in [-0.05, 0) is 103 Å². The van der Waals surface area contributed by atoms with Gasteiger partial charge in [0.25, 0.3) is 0 Å². The van der Waals surface area contributed by atoms with Crippen molar-refractivity contribution in [1.82, 2.24) is 0 Å². The number of aliphatic hydroxyl groups is 1. The first kappa shape index (κ1) is 74.6. The van der Waals surface area contributed by atoms with Crippen molar-refractivity contribution in [3.05, 3.63) is 109 Å². The largest absolute Gasteiger partial charge is 0.462 e. The topological polar surface area (TPSA) is 72.8 Å². The van der Waals surface area contributed by atoms with Gasteiger partial charge in [-0.2, -0.15) is 0 Å². The Bertz CT molecular complexity index is 1510. The van der Waals surface area contributed by atoms with Crippen LogP contribution < -0.4 is 0 Å². The Balaban J connectivity index is 3.48. The molecule has 0 fully saturated rings. The molecule has 0 radical (unpaired) electrons. The number of ether oxygens (including phenoxy) is 2. The van der Waals surface area contributed by atoms with Crippen LogP contribution in [0.25, 0.3) is 0 Å². The van der Waals surface area contributed by atoms with Gasteiger partial charge >= 0.3 is 11.9 Å². The molecule has 0 aliphatic rings. The Hall–Kier alpha value is -3.44. The lowest BCUT2D eigenvalue weighted by Gasteiger charge is -2.15. The summed E-state index contributed by atoms with van der Waals surface area (Å²) in [7, 11) is 0. The Morgan fingerprint density at radius 2 is 0.551 bits per heavy atom. The van der Waals surface area contributed by atoms with Crippen LogP contribution in [-0.4, -0.2) is 36.4 Å². The molecule has 0 aliphatic carbocycles. The first-order chi connectivity index (χ1) is 38.6. The summed E-state index contributed by atoms with van der Waals surface area (Å²) in [6, 6.07) is 0. The molecule has 0 spiro atoms. The van der Waals surface area contributed by atoms with Crippen LogP contribution in [0.15, 0.2) is 109 Å². The van der Waals surface area contributed by atoms with Crippen molar-refractivity contribution in [1.29, 1.82) is 0 Å². The molecule has 0 saturated heterocycles. The number of hydrogen-bond donors (Lipinski definition) is 1. The second-order valence-electron chi connectivity index (χ2n) is 22.2. The summed E-state index contributed by atoms with van der Waals surface area (Å²) in [6.07, 6.45) is 98.1. The molecule has 0 saturated carbocycles. The average Bonchev–Trinajstić information content (AvgIpc) is 3.44. The Kier molecular flexibility index (Phi) is 64.8. The van der Waals surface area contributed by atoms with Crippen LogP contribution >= 0.6 is 0 Å². The molecular formula is C73H126O5. The van der Waals surface area contributed by atoms with Crippen molar-refractivity contribution in [3.8, 4) is 0 Å². The molecule has 0 aromatic carbocycles. The predicted octanol–water partition coefficient (Wildman–Crippen LogP) is 23.2. The standard InChI is InChI=1S/C73H126O5/c1-3-5-7-9-11-13-15-17-19-21-23-25-27-29-31-33-35-36-38-39-41-43-45-47-49-51-53-55-57-59-61-63-65-67-72(75)77-70-71(69-74)78-73(76)68-66-64-62-60-58-56-54-52-50-48-46-44-42-40-37-34-32-30-28-26-24-22-20-18-16-14-12-10-8-6-4-2/h6,8,12,14-15,17-18,20-21,23-24,26,30,32,37,40,44,46,71,74H,3-5,7,9-11,13,16,19,22,25,27-29,31,33-36,38-39,41-43,45,47-70H2,1-2H3/b8-6-,14-12-,17-15-,20-18-,23-21-,26-24-,32-30-,40-37-,46-44-. The molecule has 0 aliphatic heterocycles. The van der Waals surface area contributed by atoms with E-state index in [-0.39, 0.29) is 25.2 Å². The van der Waals surface area contributed by atoms with Gasteiger partial charge in [-0.1, -0.05) is 316 Å². The van der Waals surface area contributed by atoms with Crippen molar-refractivity contribution in [3.63, 3.8) is 0 Å². The lowest BCUT2D eigenvalue weighted by Crippen LogP contribution is -2.28. The zero-order valence-corrected chi connectivity index (χ0v) is 51.4. The molecule has 0 aromatic heterocycles. The zero-order valence-electron chi connectivity index (χ0n) is 51.4. The lowest BCUT2D eigenvalue weighted by molar-refractivity contribution is -0.161. The molecule has 448 valence electrons. The van der Waals surface area contributed by atoms with Gasteiger partial charge in [-0.25, -0.2) is 0 Å². The second kappa shape index (κ2) is 67.8. The van der Waals surface area contributed by atoms with E-state index in [2.05, 4.69) is 123 Å². The molecule has 1 atom stereocenters. The number of esters is 2. The van der Waals surface area contributed by atoms with Crippen molar-refractivity contribution >= 4 is 11.9 Å². The molecule has 0 heterocycles. The lowest BCUT2D eigenvalue weighted by atomic mass is 10.0. The third-order valence-corrected chi connectivity index (χ3v) is 14.6. The summed E-state index contributed by atoms with van der Waals surface area (Å²) in [5, 5.41) is 9.69. The fraction of sp³-hybridized carbons (Fsp3) is 0.726. The molecule has 5 nitrogen and oxygen atoms in total. The monoisotopic (exact) mass is 1080 g/mol. The minimum atomic E-state index is -0.782. The van der Waals surface area contributed by atoms with Crippen LogP contribution in [0.5, 0.6) is 0 Å². The fourth-order valence-corrected chi connectivity index (χ4v) is 9.57. The Morgan fingerprint density at radius 1 is 0.308 bits per heavy atom. The van der Waals surface area contributed by atoms with Crippen LogP contribution in [0.4, 0.5) is 0 Å². The number of unbranched alkanes of at least 4 members (excludes halogenated alkanes) is 35. The van der Waals surface area contributed by atoms with Crippen LogP contribution in [0.1, 0.15) is 322 Å². The van der Waals surface area contributed by atoms with Crippen LogP contribution in [0.3, 0.4) is 0 Å². The quantitative estimate of drug-likeness (QED) is 0.0373. The molecule has 1 N–H and O–H groups in total. The summed E-state index contributed by atoms with van der Waals surface area (Å²) in [4.78, 5) is 24.6. The summed E-state index contributed by atoms with van der Waals surface area (Å²) >= 11 is 0. The van der Waals surface area contributed by atoms with Crippen molar-refractivity contribution in [2.45, 2.75) is 328 Å². The number of aliphatic hydroxyl groups excluding tert-OH is 1. The highest BCUT2D eigenvalue weighted by Crippen LogP contribution is 2.17. The Labute approximate surface area is 484 Å². The highest BCUT2D eigenvalue weighted by atomic mass is 16.6. The van der Waals surface area contributed by atoms with Crippen LogP contribution in [0.2, 0.25) is 0 Å². The van der Waals surface area contributed by atoms with Gasteiger partial charge in [0, 0.05) is 12.8 Å². The smallest absolute Gasteiger partial charge is 0.306 e. The van der Waals surface area contributed by atoms with Crippen molar-refractivity contribution in [2.24, 2.45) is 0 Å². The maximum absolute atomic E-state index is 12.4. The molecular weight excluding hydrogens is 957 g/mol. The summed E-state index contributed by atoms with van der Waals surface area (Å²) in [5.41, 5.74) is 0. The molecule has 0 amide bonds. The zero-order chi connectivity index (χ0) is 56.2. The maximum Gasteiger partial charge on any atom is 0.306 e. The van der Waals surface area contributed by atoms with E-state index < -0.39 is 6.10 Å². The van der Waals surface area contributed by atoms with E-state index in [0.29, 0.717) is 12.8 Å². The first-order valence-electron chi connectivity index (χ1n) is 33.4. The van der Waals surface area contributed by atoms with E-state index in [1.165, 1.54) is 199 Å². The van der Waals surface area contributed by atoms with E-state index in [0.717, 1.165) is 96.3 Å². The highest BCUT2D eigenvalue weighted by Gasteiger charge is 2.16. The van der Waals surface area contributed by atoms with E-state index in [1.54, 1.807) is 0 Å². The van der Waals surface area contributed by atoms with Crippen LogP contribution in [-0.2, 0) is 19.1 Å². The minimum absolute atomic E-state index is 0.0705. The van der Waals surface area contributed by atoms with E-state index >= 15 is 0 Å². The van der Waals surface area contributed by atoms with Gasteiger partial charge in [0.2, 0.25) is 0 Å². The molecule has 0 bridgehead atoms. The SMILES string of the molecule is CC/C=C\C/C=C\C/C=C\C/C=C\C/C=C\C/C=C\C/C=C\CCCCCCCCCCCC(=O)OC(CO)COC(=O)CCCCCCCCCCCCCCCCCCCCCCC/C=C\C/C=C\CCCCCCC. The Morgan fingerprint density at radius 3 is 0.833 bits per heavy atom. The summed E-state index contributed by atoms with van der Waals surface area (Å²) in [6.45, 7) is 4.04. The third-order valence-electron chi connectivity index (χ3n) is 14.6. The van der Waals surface area contributed by atoms with Crippen LogP contribution in [0, 0.1) is 0 Å². The number of carbonyl (C=O) groups excluding carboxylic acids is 2. The van der Waals surface area contributed by atoms with Gasteiger partial charge in [0.05, 0.1) is 6.61 Å². The molecule has 0 rings (SSSR count). The maximum atomic E-state index is 12.4. The third kappa shape index (κ3) is 65.1. The van der Waals surface area contributed by atoms with Crippen molar-refractivity contribution < 1.29 is 24.2 Å². The van der Waals surface area contributed by atoms with E-state index in [9.17, 15) is 14.7 Å². The predicted molar refractivity (Wildman–Crippen MR) is 343 cm³/mol. The minimum Gasteiger partial charge on any atom is -0.462 e. The molecule has 1 unspecified atom stereocenters. The number of hydrogen-bond acceptors (Lipinski definition) is 5.